The van der Waals surface area contributed by atoms with Crippen molar-refractivity contribution in [3.05, 3.63) is 0 Å². The summed E-state index contributed by atoms with van der Waals surface area (Å²) in [6, 6.07) is 0. The van der Waals surface area contributed by atoms with Gasteiger partial charge < -0.3 is 14.6 Å². The van der Waals surface area contributed by atoms with Crippen molar-refractivity contribution in [1.29, 1.82) is 0 Å². The first-order chi connectivity index (χ1) is 4.15. The van der Waals surface area contributed by atoms with Crippen LogP contribution in [0.2, 0.25) is 0 Å². The molecule has 5 heteroatoms. The summed E-state index contributed by atoms with van der Waals surface area (Å²) in [6.07, 6.45) is 0. The molecule has 0 bridgehead atoms. The summed E-state index contributed by atoms with van der Waals surface area (Å²) < 4.78 is 4.15. The van der Waals surface area contributed by atoms with Crippen LogP contribution in [-0.4, -0.2) is 19.0 Å². The topological polar surface area (TPSA) is 66.4 Å². The van der Waals surface area contributed by atoms with Crippen LogP contribution in [0, 0.1) is 0 Å². The van der Waals surface area contributed by atoms with Gasteiger partial charge in [-0.2, -0.15) is 0 Å². The van der Waals surface area contributed by atoms with Gasteiger partial charge in [-0.05, 0) is 13.8 Å². The van der Waals surface area contributed by atoms with Crippen molar-refractivity contribution in [2.45, 2.75) is 13.8 Å². The zero-order valence-corrected chi connectivity index (χ0v) is 9.54. The average Bonchev–Trinajstić information content (AvgIpc) is 1.66. The molecule has 4 nitrogen and oxygen atoms in total. The van der Waals surface area contributed by atoms with Crippen molar-refractivity contribution < 1.29 is 70.8 Å². The van der Waals surface area contributed by atoms with Gasteiger partial charge in [0, 0.05) is 5.97 Å². The molecule has 0 saturated carbocycles. The molecule has 0 aromatic heterocycles. The maximum absolute atomic E-state index is 9.18. The van der Waals surface area contributed by atoms with E-state index < -0.39 is 5.97 Å². The van der Waals surface area contributed by atoms with Gasteiger partial charge in [-0.15, -0.1) is 0 Å². The third kappa shape index (κ3) is 74.2. The van der Waals surface area contributed by atoms with Gasteiger partial charge in [-0.3, -0.25) is 4.79 Å². The molecule has 0 amide bonds. The molecular formula is C5H9KO4. The monoisotopic (exact) mass is 172 g/mol. The summed E-state index contributed by atoms with van der Waals surface area (Å²) in [5.74, 6) is -1.08. The maximum atomic E-state index is 9.18. The molecule has 0 N–H and O–H groups in total. The Bertz CT molecular complexity index is 79.7. The molecule has 0 heterocycles. The van der Waals surface area contributed by atoms with Crippen LogP contribution in [0.15, 0.2) is 0 Å². The molecule has 10 heavy (non-hydrogen) atoms. The van der Waals surface area contributed by atoms with Crippen LogP contribution in [0.1, 0.15) is 13.8 Å². The summed E-state index contributed by atoms with van der Waals surface area (Å²) >= 11 is 0. The molecule has 0 spiro atoms. The van der Waals surface area contributed by atoms with Crippen molar-refractivity contribution in [2.24, 2.45) is 0 Å². The van der Waals surface area contributed by atoms with E-state index in [-0.39, 0.29) is 51.4 Å². The number of carboxylic acids is 1. The first-order valence-electron chi connectivity index (χ1n) is 2.38. The van der Waals surface area contributed by atoms with E-state index in [1.807, 2.05) is 0 Å². The van der Waals surface area contributed by atoms with Crippen molar-refractivity contribution in [1.82, 2.24) is 0 Å². The summed E-state index contributed by atoms with van der Waals surface area (Å²) in [5.41, 5.74) is 0. The molecule has 0 unspecified atom stereocenters. The first-order valence-corrected chi connectivity index (χ1v) is 2.38. The van der Waals surface area contributed by atoms with E-state index in [4.69, 9.17) is 9.90 Å². The van der Waals surface area contributed by atoms with E-state index in [1.165, 1.54) is 0 Å². The molecule has 0 atom stereocenters. The number of carbonyl (C=O) groups is 2. The van der Waals surface area contributed by atoms with E-state index in [9.17, 15) is 4.79 Å². The fourth-order valence-electron chi connectivity index (χ4n) is 0.0680. The minimum atomic E-state index is -1.08. The van der Waals surface area contributed by atoms with Crippen molar-refractivity contribution >= 4 is 12.4 Å². The number of ether oxygens (including phenoxy) is 1. The number of rotatable bonds is 2. The predicted molar refractivity (Wildman–Crippen MR) is 28.4 cm³/mol. The third-order valence-electron chi connectivity index (χ3n) is 0.235. The van der Waals surface area contributed by atoms with Gasteiger partial charge in [0.1, 0.15) is 0 Å². The molecule has 0 radical (unpaired) electrons. The Balaban J connectivity index is -0.0000000910. The third-order valence-corrected chi connectivity index (χ3v) is 0.235. The van der Waals surface area contributed by atoms with Gasteiger partial charge in [0.15, 0.2) is 0 Å². The maximum Gasteiger partial charge on any atom is 1.00 e. The van der Waals surface area contributed by atoms with Gasteiger partial charge in [-0.25, -0.2) is 0 Å². The second kappa shape index (κ2) is 16.3. The normalized spacial score (nSPS) is 5.80. The summed E-state index contributed by atoms with van der Waals surface area (Å²) in [5, 5.41) is 8.89. The molecule has 0 fully saturated rings. The summed E-state index contributed by atoms with van der Waals surface area (Å²) in [4.78, 5) is 18.1. The summed E-state index contributed by atoms with van der Waals surface area (Å²) in [6.45, 7) is 3.64. The Morgan fingerprint density at radius 2 is 2.00 bits per heavy atom. The van der Waals surface area contributed by atoms with Crippen LogP contribution in [-0.2, 0) is 14.3 Å². The predicted octanol–water partition coefficient (Wildman–Crippen LogP) is -4.06. The number of carboxylic acid groups (broad SMARTS) is 1. The van der Waals surface area contributed by atoms with Gasteiger partial charge in [0.05, 0.1) is 6.61 Å². The largest absolute Gasteiger partial charge is 1.00 e. The second-order valence-electron chi connectivity index (χ2n) is 1.04. The standard InChI is InChI=1S/C3H6O2.C2H4O2.K/c1-2-5-3-4;1-2(3)4;/h3H,2H2,1H3;1H3,(H,3,4);/q;;+1/p-1. The fourth-order valence-corrected chi connectivity index (χ4v) is 0.0680. The van der Waals surface area contributed by atoms with E-state index in [0.717, 1.165) is 6.92 Å². The Morgan fingerprint density at radius 3 is 2.00 bits per heavy atom. The number of aliphatic carboxylic acids is 1. The van der Waals surface area contributed by atoms with Crippen molar-refractivity contribution in [3.63, 3.8) is 0 Å². The molecule has 0 aromatic carbocycles. The Morgan fingerprint density at radius 1 is 1.70 bits per heavy atom. The molecule has 0 rings (SSSR count). The van der Waals surface area contributed by atoms with Gasteiger partial charge in [0.25, 0.3) is 6.47 Å². The molecule has 0 saturated heterocycles. The molecular weight excluding hydrogens is 163 g/mol. The molecule has 0 aliphatic heterocycles. The van der Waals surface area contributed by atoms with Crippen LogP contribution < -0.4 is 56.5 Å². The summed E-state index contributed by atoms with van der Waals surface area (Å²) in [7, 11) is 0. The average molecular weight is 172 g/mol. The van der Waals surface area contributed by atoms with Crippen LogP contribution >= 0.6 is 0 Å². The first kappa shape index (κ1) is 16.9. The molecule has 54 valence electrons. The molecule has 0 aromatic rings. The molecule has 0 aliphatic carbocycles. The Labute approximate surface area is 102 Å². The zero-order chi connectivity index (χ0) is 7.70. The van der Waals surface area contributed by atoms with Crippen molar-refractivity contribution in [2.75, 3.05) is 6.61 Å². The smallest absolute Gasteiger partial charge is 0.550 e. The number of hydrogen-bond acceptors (Lipinski definition) is 4. The van der Waals surface area contributed by atoms with Gasteiger partial charge in [0.2, 0.25) is 0 Å². The number of hydrogen-bond donors (Lipinski definition) is 0. The van der Waals surface area contributed by atoms with E-state index in [2.05, 4.69) is 4.74 Å². The minimum Gasteiger partial charge on any atom is -0.550 e. The van der Waals surface area contributed by atoms with Crippen LogP contribution in [0.3, 0.4) is 0 Å². The van der Waals surface area contributed by atoms with Crippen molar-refractivity contribution in [3.8, 4) is 0 Å². The number of carbonyl (C=O) groups excluding carboxylic acids is 2. The van der Waals surface area contributed by atoms with E-state index in [0.29, 0.717) is 13.1 Å². The second-order valence-corrected chi connectivity index (χ2v) is 1.04. The zero-order valence-electron chi connectivity index (χ0n) is 6.42. The van der Waals surface area contributed by atoms with E-state index in [1.54, 1.807) is 6.92 Å². The Kier molecular flexibility index (Phi) is 27.5. The SMILES string of the molecule is CC(=O)[O-].CCOC=O.[K+]. The molecule has 0 aliphatic rings. The quantitative estimate of drug-likeness (QED) is 0.314. The van der Waals surface area contributed by atoms with Crippen LogP contribution in [0.5, 0.6) is 0 Å². The van der Waals surface area contributed by atoms with E-state index >= 15 is 0 Å². The van der Waals surface area contributed by atoms with Crippen LogP contribution in [0.4, 0.5) is 0 Å². The van der Waals surface area contributed by atoms with Gasteiger partial charge >= 0.3 is 51.4 Å². The van der Waals surface area contributed by atoms with Crippen LogP contribution in [0.25, 0.3) is 0 Å². The Hall–Kier alpha value is 0.576. The minimum absolute atomic E-state index is 0. The van der Waals surface area contributed by atoms with Gasteiger partial charge in [-0.1, -0.05) is 0 Å². The fraction of sp³-hybridized carbons (Fsp3) is 0.600.